The van der Waals surface area contributed by atoms with Gasteiger partial charge in [0.05, 0.1) is 11.1 Å². The van der Waals surface area contributed by atoms with Gasteiger partial charge in [-0.3, -0.25) is 9.78 Å². The van der Waals surface area contributed by atoms with E-state index in [1.54, 1.807) is 18.5 Å². The molecule has 0 radical (unpaired) electrons. The van der Waals surface area contributed by atoms with Crippen molar-refractivity contribution in [3.8, 4) is 11.8 Å². The number of amides is 1. The maximum absolute atomic E-state index is 12.3. The van der Waals surface area contributed by atoms with Crippen molar-refractivity contribution in [2.45, 2.75) is 39.0 Å². The van der Waals surface area contributed by atoms with Crippen LogP contribution in [0.15, 0.2) is 18.5 Å². The van der Waals surface area contributed by atoms with E-state index in [0.29, 0.717) is 17.7 Å². The quantitative estimate of drug-likeness (QED) is 0.837. The summed E-state index contributed by atoms with van der Waals surface area (Å²) < 4.78 is 0. The van der Waals surface area contributed by atoms with Crippen LogP contribution in [0.3, 0.4) is 0 Å². The molecule has 1 aromatic heterocycles. The van der Waals surface area contributed by atoms with Gasteiger partial charge in [-0.15, -0.1) is 0 Å². The first-order chi connectivity index (χ1) is 10.1. The fraction of sp³-hybridized carbons (Fsp3) is 0.529. The lowest BCUT2D eigenvalue weighted by molar-refractivity contribution is 0.0919. The molecule has 0 saturated heterocycles. The molecular weight excluding hydrogens is 264 g/mol. The van der Waals surface area contributed by atoms with Gasteiger partial charge in [-0.05, 0) is 24.3 Å². The second-order valence-electron chi connectivity index (χ2n) is 5.94. The van der Waals surface area contributed by atoms with Crippen LogP contribution in [0.25, 0.3) is 0 Å². The summed E-state index contributed by atoms with van der Waals surface area (Å²) in [6.45, 7) is 2.71. The second-order valence-corrected chi connectivity index (χ2v) is 5.94. The minimum atomic E-state index is -0.228. The van der Waals surface area contributed by atoms with Crippen molar-refractivity contribution in [3.05, 3.63) is 29.6 Å². The summed E-state index contributed by atoms with van der Waals surface area (Å²) in [5, 5.41) is 11.8. The number of aromatic nitrogens is 1. The lowest BCUT2D eigenvalue weighted by atomic mass is 9.76. The van der Waals surface area contributed by atoms with Gasteiger partial charge in [-0.1, -0.05) is 38.0 Å². The number of aliphatic hydroxyl groups is 1. The Morgan fingerprint density at radius 1 is 1.43 bits per heavy atom. The second kappa shape index (κ2) is 7.24. The topological polar surface area (TPSA) is 62.2 Å². The van der Waals surface area contributed by atoms with Crippen molar-refractivity contribution in [1.82, 2.24) is 10.3 Å². The fourth-order valence-corrected chi connectivity index (χ4v) is 2.80. The molecule has 0 aromatic carbocycles. The van der Waals surface area contributed by atoms with Gasteiger partial charge in [0.25, 0.3) is 5.91 Å². The molecule has 4 heteroatoms. The van der Waals surface area contributed by atoms with Gasteiger partial charge in [0, 0.05) is 18.9 Å². The standard InChI is InChI=1S/C17H22N2O2/c1-17(8-3-2-4-9-17)13-19-16(21)15-7-10-18-12-14(15)6-5-11-20/h7,10,12,20H,2-4,8-9,11,13H2,1H3,(H,19,21). The molecule has 1 aromatic rings. The molecule has 1 aliphatic carbocycles. The van der Waals surface area contributed by atoms with Crippen LogP contribution in [-0.4, -0.2) is 29.1 Å². The van der Waals surface area contributed by atoms with Crippen molar-refractivity contribution in [2.75, 3.05) is 13.2 Å². The molecular formula is C17H22N2O2. The highest BCUT2D eigenvalue weighted by Gasteiger charge is 2.27. The van der Waals surface area contributed by atoms with Crippen LogP contribution in [-0.2, 0) is 0 Å². The molecule has 2 N–H and O–H groups in total. The zero-order valence-corrected chi connectivity index (χ0v) is 12.5. The van der Waals surface area contributed by atoms with Crippen molar-refractivity contribution in [2.24, 2.45) is 5.41 Å². The summed E-state index contributed by atoms with van der Waals surface area (Å²) in [4.78, 5) is 16.3. The Morgan fingerprint density at radius 2 is 2.19 bits per heavy atom. The first kappa shape index (κ1) is 15.5. The number of nitrogens with zero attached hydrogens (tertiary/aromatic N) is 1. The minimum absolute atomic E-state index is 0.119. The zero-order chi connectivity index (χ0) is 15.1. The van der Waals surface area contributed by atoms with Crippen molar-refractivity contribution < 1.29 is 9.90 Å². The van der Waals surface area contributed by atoms with Gasteiger partial charge in [0.15, 0.2) is 0 Å². The highest BCUT2D eigenvalue weighted by molar-refractivity contribution is 5.96. The summed E-state index contributed by atoms with van der Waals surface area (Å²) in [6, 6.07) is 1.67. The van der Waals surface area contributed by atoms with E-state index >= 15 is 0 Å². The summed E-state index contributed by atoms with van der Waals surface area (Å²) in [5.41, 5.74) is 1.28. The zero-order valence-electron chi connectivity index (χ0n) is 12.5. The van der Waals surface area contributed by atoms with E-state index in [1.165, 1.54) is 32.1 Å². The van der Waals surface area contributed by atoms with Crippen LogP contribution in [0.1, 0.15) is 54.9 Å². The van der Waals surface area contributed by atoms with Crippen LogP contribution in [0.2, 0.25) is 0 Å². The van der Waals surface area contributed by atoms with E-state index in [-0.39, 0.29) is 17.9 Å². The van der Waals surface area contributed by atoms with Gasteiger partial charge in [0.2, 0.25) is 0 Å². The summed E-state index contributed by atoms with van der Waals surface area (Å²) in [6.07, 6.45) is 9.27. The largest absolute Gasteiger partial charge is 0.384 e. The Balaban J connectivity index is 2.03. The number of carbonyl (C=O) groups excluding carboxylic acids is 1. The number of aliphatic hydroxyl groups excluding tert-OH is 1. The normalized spacial score (nSPS) is 16.7. The van der Waals surface area contributed by atoms with E-state index in [2.05, 4.69) is 29.1 Å². The fourth-order valence-electron chi connectivity index (χ4n) is 2.80. The van der Waals surface area contributed by atoms with E-state index < -0.39 is 0 Å². The number of hydrogen-bond acceptors (Lipinski definition) is 3. The molecule has 112 valence electrons. The van der Waals surface area contributed by atoms with Crippen molar-refractivity contribution in [1.29, 1.82) is 0 Å². The molecule has 21 heavy (non-hydrogen) atoms. The Bertz CT molecular complexity index is 551. The highest BCUT2D eigenvalue weighted by Crippen LogP contribution is 2.34. The lowest BCUT2D eigenvalue weighted by Gasteiger charge is -2.33. The van der Waals surface area contributed by atoms with Crippen LogP contribution < -0.4 is 5.32 Å². The Kier molecular flexibility index (Phi) is 5.35. The number of pyridine rings is 1. The van der Waals surface area contributed by atoms with Crippen molar-refractivity contribution in [3.63, 3.8) is 0 Å². The third kappa shape index (κ3) is 4.30. The summed E-state index contributed by atoms with van der Waals surface area (Å²) in [5.74, 6) is 5.21. The van der Waals surface area contributed by atoms with Gasteiger partial charge >= 0.3 is 0 Å². The summed E-state index contributed by atoms with van der Waals surface area (Å²) in [7, 11) is 0. The number of hydrogen-bond donors (Lipinski definition) is 2. The molecule has 1 heterocycles. The molecule has 2 rings (SSSR count). The van der Waals surface area contributed by atoms with Crippen LogP contribution in [0, 0.1) is 17.3 Å². The Morgan fingerprint density at radius 3 is 2.90 bits per heavy atom. The summed E-state index contributed by atoms with van der Waals surface area (Å²) >= 11 is 0. The molecule has 0 spiro atoms. The third-order valence-corrected chi connectivity index (χ3v) is 4.10. The Hall–Kier alpha value is -1.86. The number of carbonyl (C=O) groups is 1. The molecule has 0 atom stereocenters. The monoisotopic (exact) mass is 286 g/mol. The molecule has 1 fully saturated rings. The third-order valence-electron chi connectivity index (χ3n) is 4.10. The SMILES string of the molecule is CC1(CNC(=O)c2ccncc2C#CCO)CCCCC1. The Labute approximate surface area is 126 Å². The predicted octanol–water partition coefficient (Wildman–Crippen LogP) is 2.13. The lowest BCUT2D eigenvalue weighted by Crippen LogP contribution is -2.37. The first-order valence-electron chi connectivity index (χ1n) is 7.47. The smallest absolute Gasteiger partial charge is 0.252 e. The first-order valence-corrected chi connectivity index (χ1v) is 7.47. The van der Waals surface area contributed by atoms with Crippen LogP contribution in [0.5, 0.6) is 0 Å². The average Bonchev–Trinajstić information content (AvgIpc) is 2.52. The van der Waals surface area contributed by atoms with Crippen LogP contribution in [0.4, 0.5) is 0 Å². The van der Waals surface area contributed by atoms with Gasteiger partial charge in [-0.25, -0.2) is 0 Å². The molecule has 0 unspecified atom stereocenters. The van der Waals surface area contributed by atoms with Gasteiger partial charge in [-0.2, -0.15) is 0 Å². The molecule has 4 nitrogen and oxygen atoms in total. The van der Waals surface area contributed by atoms with E-state index in [0.717, 1.165) is 0 Å². The number of rotatable bonds is 3. The highest BCUT2D eigenvalue weighted by atomic mass is 16.2. The van der Waals surface area contributed by atoms with E-state index in [1.807, 2.05) is 0 Å². The van der Waals surface area contributed by atoms with Gasteiger partial charge in [0.1, 0.15) is 6.61 Å². The molecule has 1 amide bonds. The molecule has 1 saturated carbocycles. The predicted molar refractivity (Wildman–Crippen MR) is 81.7 cm³/mol. The molecule has 1 aliphatic rings. The maximum atomic E-state index is 12.3. The van der Waals surface area contributed by atoms with Crippen LogP contribution >= 0.6 is 0 Å². The van der Waals surface area contributed by atoms with E-state index in [9.17, 15) is 4.79 Å². The average molecular weight is 286 g/mol. The maximum Gasteiger partial charge on any atom is 0.252 e. The molecule has 0 bridgehead atoms. The minimum Gasteiger partial charge on any atom is -0.384 e. The van der Waals surface area contributed by atoms with Gasteiger partial charge < -0.3 is 10.4 Å². The van der Waals surface area contributed by atoms with Crippen molar-refractivity contribution >= 4 is 5.91 Å². The number of nitrogens with one attached hydrogen (secondary N) is 1. The van der Waals surface area contributed by atoms with E-state index in [4.69, 9.17) is 5.11 Å². The molecule has 0 aliphatic heterocycles.